The minimum absolute atomic E-state index is 0.0106. The Morgan fingerprint density at radius 2 is 1.73 bits per heavy atom. The monoisotopic (exact) mass is 686 g/mol. The van der Waals surface area contributed by atoms with Gasteiger partial charge in [0.25, 0.3) is 0 Å². The van der Waals surface area contributed by atoms with Crippen LogP contribution in [0.1, 0.15) is 112 Å². The molecule has 6 unspecified atom stereocenters. The summed E-state index contributed by atoms with van der Waals surface area (Å²) in [6.07, 6.45) is 12.6. The highest BCUT2D eigenvalue weighted by Crippen LogP contribution is 2.89. The molecule has 0 radical (unpaired) electrons. The zero-order chi connectivity index (χ0) is 35.1. The van der Waals surface area contributed by atoms with Crippen LogP contribution < -0.4 is 0 Å². The van der Waals surface area contributed by atoms with E-state index in [4.69, 9.17) is 14.2 Å². The Kier molecular flexibility index (Phi) is 9.36. The van der Waals surface area contributed by atoms with E-state index in [0.29, 0.717) is 73.1 Å². The number of aliphatic hydroxyl groups excluding tert-OH is 1. The molecule has 7 aliphatic rings. The average molecular weight is 687 g/mol. The van der Waals surface area contributed by atoms with Crippen molar-refractivity contribution < 1.29 is 34.0 Å². The van der Waals surface area contributed by atoms with Crippen molar-refractivity contribution in [3.8, 4) is 0 Å². The van der Waals surface area contributed by atoms with Gasteiger partial charge >= 0.3 is 5.97 Å². The molecule has 9 nitrogen and oxygen atoms in total. The van der Waals surface area contributed by atoms with E-state index >= 15 is 0 Å². The topological polar surface area (TPSA) is 109 Å². The Morgan fingerprint density at radius 3 is 2.43 bits per heavy atom. The first-order valence-electron chi connectivity index (χ1n) is 19.8. The van der Waals surface area contributed by atoms with Crippen LogP contribution in [0.5, 0.6) is 0 Å². The van der Waals surface area contributed by atoms with Gasteiger partial charge in [0.1, 0.15) is 0 Å². The van der Waals surface area contributed by atoms with Crippen LogP contribution in [0.4, 0.5) is 0 Å². The molecule has 1 heterocycles. The van der Waals surface area contributed by atoms with Gasteiger partial charge < -0.3 is 29.3 Å². The second-order valence-corrected chi connectivity index (χ2v) is 19.2. The van der Waals surface area contributed by atoms with Gasteiger partial charge in [0.15, 0.2) is 6.29 Å². The molecule has 7 fully saturated rings. The molecule has 2 spiro atoms. The van der Waals surface area contributed by atoms with E-state index in [2.05, 4.69) is 34.6 Å². The zero-order valence-corrected chi connectivity index (χ0v) is 31.5. The van der Waals surface area contributed by atoms with Crippen molar-refractivity contribution >= 4 is 11.9 Å². The fourth-order valence-corrected chi connectivity index (χ4v) is 13.8. The molecule has 12 atom stereocenters. The Bertz CT molecular complexity index is 1270. The lowest BCUT2D eigenvalue weighted by molar-refractivity contribution is -0.248. The first kappa shape index (κ1) is 36.1. The first-order chi connectivity index (χ1) is 23.1. The summed E-state index contributed by atoms with van der Waals surface area (Å²) in [7, 11) is 3.59. The Hall–Kier alpha value is -1.26. The van der Waals surface area contributed by atoms with Crippen LogP contribution in [0, 0.1) is 56.7 Å². The van der Waals surface area contributed by atoms with Crippen LogP contribution in [0.15, 0.2) is 0 Å². The standard InChI is InChI=1S/C40H66N2O7/c1-25(18-27(47-7)21-41(6)22-34(45)46)28-20-31(43)38(5)30-11-10-29-36(2,3)32(12-13-39(29)24-40(30,39)15-14-37(28,38)4)49-35-23-42(16-17-48-35)33(44)19-26-8-9-26/h25-32,35,43H,8-24H2,1-7H3,(H,45,46)/t25-,27?,28-,29+,30?,31+,32?,35+,37?,38-,39?,40?/m1/s1. The highest BCUT2D eigenvalue weighted by Gasteiger charge is 2.83. The number of rotatable bonds is 12. The van der Waals surface area contributed by atoms with E-state index in [9.17, 15) is 19.8 Å². The molecule has 0 bridgehead atoms. The van der Waals surface area contributed by atoms with Crippen molar-refractivity contribution in [3.63, 3.8) is 0 Å². The minimum Gasteiger partial charge on any atom is -0.480 e. The number of aliphatic hydroxyl groups is 1. The van der Waals surface area contributed by atoms with Crippen molar-refractivity contribution in [2.45, 2.75) is 136 Å². The zero-order valence-electron chi connectivity index (χ0n) is 31.5. The number of nitrogens with zero attached hydrogens (tertiary/aromatic N) is 2. The number of carbonyl (C=O) groups is 2. The number of fused-ring (bicyclic) bond motifs is 2. The lowest BCUT2D eigenvalue weighted by atomic mass is 9.41. The third-order valence-electron chi connectivity index (χ3n) is 16.6. The van der Waals surface area contributed by atoms with E-state index in [-0.39, 0.29) is 53.3 Å². The molecule has 6 aliphatic carbocycles. The van der Waals surface area contributed by atoms with Gasteiger partial charge in [-0.25, -0.2) is 0 Å². The maximum atomic E-state index is 12.9. The molecule has 1 amide bonds. The Labute approximate surface area is 295 Å². The lowest BCUT2D eigenvalue weighted by Gasteiger charge is -2.64. The lowest BCUT2D eigenvalue weighted by Crippen LogP contribution is -2.60. The van der Waals surface area contributed by atoms with E-state index < -0.39 is 5.97 Å². The molecule has 0 aromatic rings. The molecule has 6 saturated carbocycles. The van der Waals surface area contributed by atoms with Gasteiger partial charge in [0, 0.05) is 32.0 Å². The summed E-state index contributed by atoms with van der Waals surface area (Å²) in [5, 5.41) is 21.4. The molecule has 1 aliphatic heterocycles. The van der Waals surface area contributed by atoms with Crippen LogP contribution >= 0.6 is 0 Å². The van der Waals surface area contributed by atoms with Gasteiger partial charge in [0.05, 0.1) is 38.0 Å². The molecular weight excluding hydrogens is 620 g/mol. The van der Waals surface area contributed by atoms with Crippen LogP contribution in [-0.4, -0.2) is 103 Å². The largest absolute Gasteiger partial charge is 0.480 e. The molecule has 7 rings (SSSR count). The molecule has 0 aromatic heterocycles. The first-order valence-corrected chi connectivity index (χ1v) is 19.8. The number of methoxy groups -OCH3 is 1. The second-order valence-electron chi connectivity index (χ2n) is 19.2. The van der Waals surface area contributed by atoms with Crippen molar-refractivity contribution in [1.29, 1.82) is 0 Å². The summed E-state index contributed by atoms with van der Waals surface area (Å²) in [6.45, 7) is 14.6. The normalized spacial score (nSPS) is 45.1. The van der Waals surface area contributed by atoms with Crippen LogP contribution in [0.2, 0.25) is 0 Å². The quantitative estimate of drug-likeness (QED) is 0.264. The summed E-state index contributed by atoms with van der Waals surface area (Å²) < 4.78 is 18.9. The Morgan fingerprint density at radius 1 is 1.02 bits per heavy atom. The third-order valence-corrected chi connectivity index (χ3v) is 16.6. The molecule has 0 aromatic carbocycles. The summed E-state index contributed by atoms with van der Waals surface area (Å²) in [4.78, 5) is 28.0. The van der Waals surface area contributed by atoms with Crippen molar-refractivity contribution in [2.75, 3.05) is 46.9 Å². The third kappa shape index (κ3) is 5.73. The SMILES string of the molecule is COC(C[C@@H](C)[C@H]1C[C@H](O)[C@@]2(C)C3CC[C@H]4C(C)(C)C(O[C@H]5CN(C(=O)CC6CC6)CCO5)CCC45CC35CCC12C)CN(C)CC(=O)O. The van der Waals surface area contributed by atoms with Gasteiger partial charge in [-0.3, -0.25) is 14.5 Å². The number of ether oxygens (including phenoxy) is 3. The summed E-state index contributed by atoms with van der Waals surface area (Å²) in [6, 6.07) is 0. The van der Waals surface area contributed by atoms with Gasteiger partial charge in [-0.2, -0.15) is 0 Å². The maximum absolute atomic E-state index is 12.9. The van der Waals surface area contributed by atoms with E-state index in [0.717, 1.165) is 25.7 Å². The van der Waals surface area contributed by atoms with Gasteiger partial charge in [-0.1, -0.05) is 34.6 Å². The van der Waals surface area contributed by atoms with Crippen molar-refractivity contribution in [1.82, 2.24) is 9.80 Å². The fraction of sp³-hybridized carbons (Fsp3) is 0.950. The summed E-state index contributed by atoms with van der Waals surface area (Å²) in [5.41, 5.74) is 0.605. The molecule has 1 saturated heterocycles. The summed E-state index contributed by atoms with van der Waals surface area (Å²) >= 11 is 0. The Balaban J connectivity index is 1.03. The van der Waals surface area contributed by atoms with E-state index in [1.54, 1.807) is 7.11 Å². The number of carboxylic acid groups (broad SMARTS) is 1. The van der Waals surface area contributed by atoms with Crippen LogP contribution in [-0.2, 0) is 23.8 Å². The van der Waals surface area contributed by atoms with Crippen LogP contribution in [0.25, 0.3) is 0 Å². The second kappa shape index (κ2) is 12.7. The average Bonchev–Trinajstić information content (AvgIpc) is 3.96. The van der Waals surface area contributed by atoms with E-state index in [1.165, 1.54) is 44.9 Å². The van der Waals surface area contributed by atoms with Crippen LogP contribution in [0.3, 0.4) is 0 Å². The summed E-state index contributed by atoms with van der Waals surface area (Å²) in [5.74, 6) is 1.95. The number of hydrogen-bond donors (Lipinski definition) is 2. The predicted molar refractivity (Wildman–Crippen MR) is 187 cm³/mol. The maximum Gasteiger partial charge on any atom is 0.317 e. The van der Waals surface area contributed by atoms with Gasteiger partial charge in [-0.15, -0.1) is 0 Å². The number of morpholine rings is 1. The number of carboxylic acids is 1. The molecule has 2 N–H and O–H groups in total. The highest BCUT2D eigenvalue weighted by atomic mass is 16.7. The molecular formula is C40H66N2O7. The number of amides is 1. The number of likely N-dealkylation sites (N-methyl/N-ethyl adjacent to an activating group) is 1. The number of aliphatic carboxylic acids is 1. The van der Waals surface area contributed by atoms with E-state index in [1.807, 2.05) is 16.8 Å². The molecule has 9 heteroatoms. The molecule has 278 valence electrons. The number of carbonyl (C=O) groups excluding carboxylic acids is 1. The van der Waals surface area contributed by atoms with Gasteiger partial charge in [-0.05, 0) is 129 Å². The molecule has 49 heavy (non-hydrogen) atoms. The predicted octanol–water partition coefficient (Wildman–Crippen LogP) is 5.82. The highest BCUT2D eigenvalue weighted by molar-refractivity contribution is 5.76. The minimum atomic E-state index is -0.817. The number of hydrogen-bond acceptors (Lipinski definition) is 7. The van der Waals surface area contributed by atoms with Crippen molar-refractivity contribution in [2.24, 2.45) is 56.7 Å². The fourth-order valence-electron chi connectivity index (χ4n) is 13.8. The smallest absolute Gasteiger partial charge is 0.317 e. The van der Waals surface area contributed by atoms with Gasteiger partial charge in [0.2, 0.25) is 5.91 Å². The van der Waals surface area contributed by atoms with Crippen molar-refractivity contribution in [3.05, 3.63) is 0 Å².